The van der Waals surface area contributed by atoms with Gasteiger partial charge in [-0.1, -0.05) is 18.2 Å². The van der Waals surface area contributed by atoms with Crippen molar-refractivity contribution in [2.24, 2.45) is 0 Å². The molecule has 0 saturated carbocycles. The molecule has 0 aliphatic rings. The first-order valence-corrected chi connectivity index (χ1v) is 9.07. The average molecular weight is 391 g/mol. The van der Waals surface area contributed by atoms with Gasteiger partial charge in [0.05, 0.1) is 6.54 Å². The zero-order valence-electron chi connectivity index (χ0n) is 15.7. The van der Waals surface area contributed by atoms with Crippen LogP contribution in [0.5, 0.6) is 5.88 Å². The molecular formula is C21H18FN5O2. The van der Waals surface area contributed by atoms with E-state index >= 15 is 0 Å². The third-order valence-corrected chi connectivity index (χ3v) is 4.37. The molecule has 2 heterocycles. The molecule has 0 aliphatic carbocycles. The summed E-state index contributed by atoms with van der Waals surface area (Å²) in [5.74, 6) is 0.379. The van der Waals surface area contributed by atoms with Gasteiger partial charge in [0, 0.05) is 17.2 Å². The number of carbonyl (C=O) groups is 1. The lowest BCUT2D eigenvalue weighted by Gasteiger charge is -2.09. The number of carbonyl (C=O) groups excluding carboxylic acids is 1. The summed E-state index contributed by atoms with van der Waals surface area (Å²) < 4.78 is 20.3. The lowest BCUT2D eigenvalue weighted by Crippen LogP contribution is -2.28. The minimum Gasteiger partial charge on any atom is -0.475 e. The van der Waals surface area contributed by atoms with E-state index in [1.807, 2.05) is 25.1 Å². The standard InChI is InChI=1S/C21H18FN5O2/c1-14-4-2-3-5-17(14)21(28)23-12-13-29-19-11-10-18-24-25-20(27(18)26-19)15-6-8-16(22)9-7-15/h2-11H,12-13H2,1H3,(H,23,28). The summed E-state index contributed by atoms with van der Waals surface area (Å²) in [6, 6.07) is 16.7. The molecule has 0 saturated heterocycles. The number of aromatic nitrogens is 4. The topological polar surface area (TPSA) is 81.4 Å². The minimum atomic E-state index is -0.327. The highest BCUT2D eigenvalue weighted by Gasteiger charge is 2.11. The Balaban J connectivity index is 1.41. The molecule has 29 heavy (non-hydrogen) atoms. The van der Waals surface area contributed by atoms with E-state index < -0.39 is 0 Å². The number of rotatable bonds is 6. The van der Waals surface area contributed by atoms with Crippen LogP contribution in [0.2, 0.25) is 0 Å². The van der Waals surface area contributed by atoms with Gasteiger partial charge in [-0.2, -0.15) is 4.52 Å². The first-order valence-electron chi connectivity index (χ1n) is 9.07. The monoisotopic (exact) mass is 391 g/mol. The van der Waals surface area contributed by atoms with Crippen LogP contribution >= 0.6 is 0 Å². The lowest BCUT2D eigenvalue weighted by molar-refractivity contribution is 0.0946. The summed E-state index contributed by atoms with van der Waals surface area (Å²) in [6.07, 6.45) is 0. The first kappa shape index (κ1) is 18.5. The number of nitrogens with one attached hydrogen (secondary N) is 1. The van der Waals surface area contributed by atoms with Crippen molar-refractivity contribution in [3.8, 4) is 17.3 Å². The SMILES string of the molecule is Cc1ccccc1C(=O)NCCOc1ccc2nnc(-c3ccc(F)cc3)n2n1. The molecule has 4 rings (SSSR count). The summed E-state index contributed by atoms with van der Waals surface area (Å²) in [5, 5.41) is 15.4. The quantitative estimate of drug-likeness (QED) is 0.511. The molecule has 146 valence electrons. The number of nitrogens with zero attached hydrogens (tertiary/aromatic N) is 4. The highest BCUT2D eigenvalue weighted by atomic mass is 19.1. The van der Waals surface area contributed by atoms with Gasteiger partial charge >= 0.3 is 0 Å². The highest BCUT2D eigenvalue weighted by molar-refractivity contribution is 5.95. The molecule has 0 spiro atoms. The molecule has 0 fully saturated rings. The number of halogens is 1. The Morgan fingerprint density at radius 1 is 1.07 bits per heavy atom. The molecule has 2 aromatic carbocycles. The number of hydrogen-bond acceptors (Lipinski definition) is 5. The van der Waals surface area contributed by atoms with Gasteiger partial charge in [-0.05, 0) is 48.9 Å². The van der Waals surface area contributed by atoms with E-state index in [2.05, 4.69) is 20.6 Å². The largest absolute Gasteiger partial charge is 0.475 e. The zero-order valence-corrected chi connectivity index (χ0v) is 15.7. The second-order valence-corrected chi connectivity index (χ2v) is 6.39. The average Bonchev–Trinajstić information content (AvgIpc) is 3.15. The minimum absolute atomic E-state index is 0.146. The van der Waals surface area contributed by atoms with Gasteiger partial charge in [0.15, 0.2) is 11.5 Å². The smallest absolute Gasteiger partial charge is 0.251 e. The molecule has 1 amide bonds. The fourth-order valence-electron chi connectivity index (χ4n) is 2.87. The summed E-state index contributed by atoms with van der Waals surface area (Å²) >= 11 is 0. The predicted octanol–water partition coefficient (Wildman–Crippen LogP) is 3.05. The third kappa shape index (κ3) is 4.06. The maximum Gasteiger partial charge on any atom is 0.251 e. The van der Waals surface area contributed by atoms with Gasteiger partial charge in [-0.25, -0.2) is 4.39 Å². The number of amides is 1. The Hall–Kier alpha value is -3.81. The van der Waals surface area contributed by atoms with Crippen molar-refractivity contribution in [2.45, 2.75) is 6.92 Å². The van der Waals surface area contributed by atoms with Crippen molar-refractivity contribution < 1.29 is 13.9 Å². The van der Waals surface area contributed by atoms with Crippen molar-refractivity contribution in [1.82, 2.24) is 25.1 Å². The van der Waals surface area contributed by atoms with Gasteiger partial charge in [0.25, 0.3) is 5.91 Å². The van der Waals surface area contributed by atoms with Crippen LogP contribution in [-0.2, 0) is 0 Å². The van der Waals surface area contributed by atoms with Crippen molar-refractivity contribution in [1.29, 1.82) is 0 Å². The van der Waals surface area contributed by atoms with Crippen LogP contribution in [0, 0.1) is 12.7 Å². The molecule has 7 nitrogen and oxygen atoms in total. The predicted molar refractivity (Wildman–Crippen MR) is 105 cm³/mol. The van der Waals surface area contributed by atoms with Crippen molar-refractivity contribution in [3.63, 3.8) is 0 Å². The molecule has 4 aromatic rings. The zero-order chi connectivity index (χ0) is 20.2. The fraction of sp³-hybridized carbons (Fsp3) is 0.143. The molecular weight excluding hydrogens is 373 g/mol. The second-order valence-electron chi connectivity index (χ2n) is 6.39. The number of hydrogen-bond donors (Lipinski definition) is 1. The lowest BCUT2D eigenvalue weighted by atomic mass is 10.1. The molecule has 2 aromatic heterocycles. The normalized spacial score (nSPS) is 10.8. The van der Waals surface area contributed by atoms with Crippen LogP contribution in [0.4, 0.5) is 4.39 Å². The summed E-state index contributed by atoms with van der Waals surface area (Å²) in [4.78, 5) is 12.2. The molecule has 0 unspecified atom stereocenters. The molecule has 8 heteroatoms. The van der Waals surface area contributed by atoms with Crippen LogP contribution in [0.1, 0.15) is 15.9 Å². The van der Waals surface area contributed by atoms with E-state index in [1.165, 1.54) is 16.6 Å². The molecule has 0 bridgehead atoms. The summed E-state index contributed by atoms with van der Waals surface area (Å²) in [5.41, 5.74) is 2.79. The molecule has 1 N–H and O–H groups in total. The van der Waals surface area contributed by atoms with Crippen molar-refractivity contribution in [2.75, 3.05) is 13.2 Å². The molecule has 0 atom stereocenters. The van der Waals surface area contributed by atoms with Crippen LogP contribution in [0.25, 0.3) is 17.0 Å². The molecule has 0 aliphatic heterocycles. The van der Waals surface area contributed by atoms with Crippen LogP contribution in [-0.4, -0.2) is 38.9 Å². The van der Waals surface area contributed by atoms with E-state index in [1.54, 1.807) is 30.3 Å². The van der Waals surface area contributed by atoms with Gasteiger partial charge in [-0.15, -0.1) is 15.3 Å². The first-order chi connectivity index (χ1) is 14.1. The van der Waals surface area contributed by atoms with E-state index in [0.29, 0.717) is 35.0 Å². The number of fused-ring (bicyclic) bond motifs is 1. The van der Waals surface area contributed by atoms with E-state index in [9.17, 15) is 9.18 Å². The maximum atomic E-state index is 13.2. The second kappa shape index (κ2) is 8.05. The Kier molecular flexibility index (Phi) is 5.15. The van der Waals surface area contributed by atoms with Crippen LogP contribution < -0.4 is 10.1 Å². The Labute approximate surface area is 166 Å². The van der Waals surface area contributed by atoms with Crippen LogP contribution in [0.15, 0.2) is 60.7 Å². The van der Waals surface area contributed by atoms with Gasteiger partial charge in [0.1, 0.15) is 12.4 Å². The van der Waals surface area contributed by atoms with E-state index in [-0.39, 0.29) is 18.3 Å². The van der Waals surface area contributed by atoms with Gasteiger partial charge in [-0.3, -0.25) is 4.79 Å². The summed E-state index contributed by atoms with van der Waals surface area (Å²) in [6.45, 7) is 2.48. The third-order valence-electron chi connectivity index (χ3n) is 4.37. The fourth-order valence-corrected chi connectivity index (χ4v) is 2.87. The van der Waals surface area contributed by atoms with Crippen molar-refractivity contribution >= 4 is 11.6 Å². The van der Waals surface area contributed by atoms with Gasteiger partial charge < -0.3 is 10.1 Å². The van der Waals surface area contributed by atoms with Crippen molar-refractivity contribution in [3.05, 3.63) is 77.6 Å². The highest BCUT2D eigenvalue weighted by Crippen LogP contribution is 2.19. The Morgan fingerprint density at radius 3 is 2.66 bits per heavy atom. The number of ether oxygens (including phenoxy) is 1. The maximum absolute atomic E-state index is 13.2. The Morgan fingerprint density at radius 2 is 1.86 bits per heavy atom. The van der Waals surface area contributed by atoms with E-state index in [0.717, 1.165) is 5.56 Å². The van der Waals surface area contributed by atoms with Crippen LogP contribution in [0.3, 0.4) is 0 Å². The molecule has 0 radical (unpaired) electrons. The Bertz CT molecular complexity index is 1160. The van der Waals surface area contributed by atoms with Gasteiger partial charge in [0.2, 0.25) is 5.88 Å². The number of benzene rings is 2. The number of aryl methyl sites for hydroxylation is 1. The van der Waals surface area contributed by atoms with E-state index in [4.69, 9.17) is 4.74 Å². The summed E-state index contributed by atoms with van der Waals surface area (Å²) in [7, 11) is 0.